The molecule has 1 aliphatic heterocycles. The Morgan fingerprint density at radius 3 is 2.76 bits per heavy atom. The first-order valence-electron chi connectivity index (χ1n) is 7.69. The van der Waals surface area contributed by atoms with Gasteiger partial charge < -0.3 is 20.1 Å². The predicted molar refractivity (Wildman–Crippen MR) is 79.7 cm³/mol. The highest BCUT2D eigenvalue weighted by atomic mass is 16.5. The van der Waals surface area contributed by atoms with Crippen molar-refractivity contribution < 1.29 is 19.4 Å². The molecule has 0 aliphatic carbocycles. The second-order valence-corrected chi connectivity index (χ2v) is 5.97. The lowest BCUT2D eigenvalue weighted by atomic mass is 9.96. The molecule has 0 saturated carbocycles. The summed E-state index contributed by atoms with van der Waals surface area (Å²) in [6.45, 7) is 5.71. The van der Waals surface area contributed by atoms with E-state index in [0.717, 1.165) is 19.4 Å². The Balaban J connectivity index is 2.35. The van der Waals surface area contributed by atoms with E-state index in [1.807, 2.05) is 13.8 Å². The van der Waals surface area contributed by atoms with Gasteiger partial charge >= 0.3 is 0 Å². The molecule has 21 heavy (non-hydrogen) atoms. The number of ether oxygens (including phenoxy) is 1. The van der Waals surface area contributed by atoms with E-state index in [1.165, 1.54) is 7.11 Å². The van der Waals surface area contributed by atoms with Gasteiger partial charge in [-0.25, -0.2) is 0 Å². The molecular formula is C15H28N2O4. The molecule has 1 rings (SSSR count). The number of rotatable bonds is 7. The van der Waals surface area contributed by atoms with Crippen LogP contribution in [0.2, 0.25) is 0 Å². The fourth-order valence-electron chi connectivity index (χ4n) is 2.54. The van der Waals surface area contributed by atoms with Gasteiger partial charge in [0.1, 0.15) is 0 Å². The molecule has 2 unspecified atom stereocenters. The van der Waals surface area contributed by atoms with E-state index in [9.17, 15) is 14.7 Å². The molecule has 0 aromatic heterocycles. The lowest BCUT2D eigenvalue weighted by Crippen LogP contribution is -2.47. The number of aliphatic hydroxyl groups is 1. The molecule has 0 aromatic carbocycles. The molecule has 6 heteroatoms. The summed E-state index contributed by atoms with van der Waals surface area (Å²) in [5.41, 5.74) is 0. The molecular weight excluding hydrogens is 272 g/mol. The standard InChI is InChI=1S/C15H28N2O4/c1-11(2)15(20)17-8-4-5-12(9-17)14(19)16-7-6-13(18)10-21-3/h11-13,18H,4-10H2,1-3H3,(H,16,19). The first kappa shape index (κ1) is 17.9. The van der Waals surface area contributed by atoms with Crippen molar-refractivity contribution in [2.45, 2.75) is 39.2 Å². The van der Waals surface area contributed by atoms with Crippen LogP contribution >= 0.6 is 0 Å². The largest absolute Gasteiger partial charge is 0.391 e. The molecule has 2 N–H and O–H groups in total. The Hall–Kier alpha value is -1.14. The minimum absolute atomic E-state index is 0.0270. The van der Waals surface area contributed by atoms with Gasteiger partial charge in [-0.15, -0.1) is 0 Å². The molecule has 1 fully saturated rings. The number of likely N-dealkylation sites (tertiary alicyclic amines) is 1. The SMILES string of the molecule is COCC(O)CCNC(=O)C1CCCN(C(=O)C(C)C)C1. The predicted octanol–water partition coefficient (Wildman–Crippen LogP) is 0.395. The van der Waals surface area contributed by atoms with E-state index in [1.54, 1.807) is 4.90 Å². The minimum atomic E-state index is -0.555. The number of carbonyl (C=O) groups is 2. The third-order valence-electron chi connectivity index (χ3n) is 3.73. The van der Waals surface area contributed by atoms with E-state index >= 15 is 0 Å². The van der Waals surface area contributed by atoms with E-state index in [0.29, 0.717) is 19.5 Å². The fraction of sp³-hybridized carbons (Fsp3) is 0.867. The highest BCUT2D eigenvalue weighted by Gasteiger charge is 2.29. The van der Waals surface area contributed by atoms with Crippen molar-refractivity contribution in [3.8, 4) is 0 Å². The molecule has 122 valence electrons. The smallest absolute Gasteiger partial charge is 0.225 e. The van der Waals surface area contributed by atoms with Gasteiger partial charge in [0.15, 0.2) is 0 Å². The number of hydrogen-bond acceptors (Lipinski definition) is 4. The number of amides is 2. The summed E-state index contributed by atoms with van der Waals surface area (Å²) < 4.78 is 4.83. The molecule has 2 amide bonds. The van der Waals surface area contributed by atoms with Gasteiger partial charge in [0.2, 0.25) is 11.8 Å². The van der Waals surface area contributed by atoms with Gasteiger partial charge in [0, 0.05) is 32.7 Å². The van der Waals surface area contributed by atoms with Crippen molar-refractivity contribution in [3.63, 3.8) is 0 Å². The summed E-state index contributed by atoms with van der Waals surface area (Å²) in [7, 11) is 1.53. The lowest BCUT2D eigenvalue weighted by molar-refractivity contribution is -0.138. The minimum Gasteiger partial charge on any atom is -0.391 e. The van der Waals surface area contributed by atoms with Crippen LogP contribution in [-0.4, -0.2) is 61.3 Å². The van der Waals surface area contributed by atoms with Crippen molar-refractivity contribution in [1.29, 1.82) is 0 Å². The molecule has 0 bridgehead atoms. The van der Waals surface area contributed by atoms with E-state index in [2.05, 4.69) is 5.32 Å². The van der Waals surface area contributed by atoms with Crippen LogP contribution in [0.15, 0.2) is 0 Å². The highest BCUT2D eigenvalue weighted by molar-refractivity contribution is 5.82. The molecule has 0 radical (unpaired) electrons. The second-order valence-electron chi connectivity index (χ2n) is 5.97. The Bertz CT molecular complexity index is 347. The van der Waals surface area contributed by atoms with Crippen LogP contribution in [-0.2, 0) is 14.3 Å². The quantitative estimate of drug-likeness (QED) is 0.713. The number of nitrogens with one attached hydrogen (secondary N) is 1. The van der Waals surface area contributed by atoms with E-state index < -0.39 is 6.10 Å². The number of carbonyl (C=O) groups excluding carboxylic acids is 2. The maximum absolute atomic E-state index is 12.1. The fourth-order valence-corrected chi connectivity index (χ4v) is 2.54. The molecule has 2 atom stereocenters. The maximum Gasteiger partial charge on any atom is 0.225 e. The Kier molecular flexibility index (Phi) is 7.67. The van der Waals surface area contributed by atoms with Crippen LogP contribution in [0.5, 0.6) is 0 Å². The summed E-state index contributed by atoms with van der Waals surface area (Å²) in [6.07, 6.45) is 1.60. The van der Waals surface area contributed by atoms with Crippen LogP contribution in [0, 0.1) is 11.8 Å². The number of methoxy groups -OCH3 is 1. The van der Waals surface area contributed by atoms with Gasteiger partial charge in [-0.3, -0.25) is 9.59 Å². The summed E-state index contributed by atoms with van der Waals surface area (Å²) in [4.78, 5) is 25.9. The zero-order chi connectivity index (χ0) is 15.8. The summed E-state index contributed by atoms with van der Waals surface area (Å²) in [5, 5.41) is 12.4. The monoisotopic (exact) mass is 300 g/mol. The van der Waals surface area contributed by atoms with Crippen LogP contribution in [0.1, 0.15) is 33.1 Å². The van der Waals surface area contributed by atoms with Gasteiger partial charge in [-0.1, -0.05) is 13.8 Å². The number of hydrogen-bond donors (Lipinski definition) is 2. The first-order chi connectivity index (χ1) is 9.95. The number of nitrogens with zero attached hydrogens (tertiary/aromatic N) is 1. The van der Waals surface area contributed by atoms with Gasteiger partial charge in [-0.2, -0.15) is 0 Å². The van der Waals surface area contributed by atoms with E-state index in [4.69, 9.17) is 4.74 Å². The Morgan fingerprint density at radius 1 is 1.43 bits per heavy atom. The normalized spacial score (nSPS) is 20.4. The van der Waals surface area contributed by atoms with Crippen molar-refractivity contribution >= 4 is 11.8 Å². The highest BCUT2D eigenvalue weighted by Crippen LogP contribution is 2.18. The number of piperidine rings is 1. The zero-order valence-electron chi connectivity index (χ0n) is 13.3. The van der Waals surface area contributed by atoms with Gasteiger partial charge in [0.05, 0.1) is 18.6 Å². The Morgan fingerprint density at radius 2 is 2.14 bits per heavy atom. The Labute approximate surface area is 126 Å². The van der Waals surface area contributed by atoms with Crippen molar-refractivity contribution in [3.05, 3.63) is 0 Å². The van der Waals surface area contributed by atoms with Gasteiger partial charge in [0.25, 0.3) is 0 Å². The molecule has 1 aliphatic rings. The summed E-state index contributed by atoms with van der Waals surface area (Å²) in [5.74, 6) is -0.0825. The van der Waals surface area contributed by atoms with Crippen molar-refractivity contribution in [2.75, 3.05) is 33.4 Å². The van der Waals surface area contributed by atoms with Crippen LogP contribution < -0.4 is 5.32 Å². The number of aliphatic hydroxyl groups excluding tert-OH is 1. The van der Waals surface area contributed by atoms with Crippen LogP contribution in [0.4, 0.5) is 0 Å². The third-order valence-corrected chi connectivity index (χ3v) is 3.73. The first-order valence-corrected chi connectivity index (χ1v) is 7.69. The van der Waals surface area contributed by atoms with Crippen LogP contribution in [0.3, 0.4) is 0 Å². The topological polar surface area (TPSA) is 78.9 Å². The van der Waals surface area contributed by atoms with Gasteiger partial charge in [-0.05, 0) is 19.3 Å². The zero-order valence-corrected chi connectivity index (χ0v) is 13.3. The molecule has 0 aromatic rings. The van der Waals surface area contributed by atoms with Crippen molar-refractivity contribution in [1.82, 2.24) is 10.2 Å². The van der Waals surface area contributed by atoms with Crippen molar-refractivity contribution in [2.24, 2.45) is 11.8 Å². The molecule has 1 saturated heterocycles. The average Bonchev–Trinajstić information content (AvgIpc) is 2.46. The summed E-state index contributed by atoms with van der Waals surface area (Å²) >= 11 is 0. The summed E-state index contributed by atoms with van der Waals surface area (Å²) in [6, 6.07) is 0. The third kappa shape index (κ3) is 6.01. The lowest BCUT2D eigenvalue weighted by Gasteiger charge is -2.33. The molecule has 6 nitrogen and oxygen atoms in total. The average molecular weight is 300 g/mol. The van der Waals surface area contributed by atoms with Crippen LogP contribution in [0.25, 0.3) is 0 Å². The molecule has 1 heterocycles. The second kappa shape index (κ2) is 9.00. The van der Waals surface area contributed by atoms with E-state index in [-0.39, 0.29) is 30.3 Å². The molecule has 0 spiro atoms. The maximum atomic E-state index is 12.1.